The van der Waals surface area contributed by atoms with E-state index in [2.05, 4.69) is 10.6 Å². The van der Waals surface area contributed by atoms with Crippen LogP contribution in [0.3, 0.4) is 0 Å². The van der Waals surface area contributed by atoms with Gasteiger partial charge in [0.2, 0.25) is 11.8 Å². The summed E-state index contributed by atoms with van der Waals surface area (Å²) in [5, 5.41) is 5.49. The quantitative estimate of drug-likeness (QED) is 0.372. The lowest BCUT2D eigenvalue weighted by Gasteiger charge is -2.08. The molecule has 0 fully saturated rings. The first-order chi connectivity index (χ1) is 13.5. The maximum absolute atomic E-state index is 12.1. The zero-order chi connectivity index (χ0) is 20.4. The molecule has 2 aromatic carbocycles. The van der Waals surface area contributed by atoms with Crippen molar-refractivity contribution in [2.24, 2.45) is 0 Å². The Morgan fingerprint density at radius 2 is 1.54 bits per heavy atom. The highest BCUT2D eigenvalue weighted by Crippen LogP contribution is 2.21. The monoisotopic (exact) mass is 400 g/mol. The van der Waals surface area contributed by atoms with Crippen molar-refractivity contribution in [3.05, 3.63) is 54.1 Å². The van der Waals surface area contributed by atoms with Gasteiger partial charge in [-0.25, -0.2) is 4.79 Å². The molecule has 2 aromatic rings. The first-order valence-electron chi connectivity index (χ1n) is 9.05. The number of carbonyl (C=O) groups excluding carboxylic acids is 3. The second kappa shape index (κ2) is 11.1. The minimum absolute atomic E-state index is 0.125. The molecular formula is C21H24N2O4S. The normalized spacial score (nSPS) is 10.2. The van der Waals surface area contributed by atoms with E-state index in [4.69, 9.17) is 4.74 Å². The number of esters is 1. The van der Waals surface area contributed by atoms with Crippen LogP contribution < -0.4 is 10.6 Å². The van der Waals surface area contributed by atoms with E-state index in [0.29, 0.717) is 17.9 Å². The van der Waals surface area contributed by atoms with E-state index in [1.807, 2.05) is 19.1 Å². The zero-order valence-corrected chi connectivity index (χ0v) is 16.8. The lowest BCUT2D eigenvalue weighted by Crippen LogP contribution is -2.14. The van der Waals surface area contributed by atoms with Gasteiger partial charge in [-0.1, -0.05) is 13.3 Å². The van der Waals surface area contributed by atoms with Crippen LogP contribution in [0.4, 0.5) is 11.4 Å². The number of amides is 2. The van der Waals surface area contributed by atoms with Gasteiger partial charge in [0.25, 0.3) is 0 Å². The van der Waals surface area contributed by atoms with Crippen LogP contribution >= 0.6 is 11.8 Å². The number of rotatable bonds is 9. The number of hydrogen-bond acceptors (Lipinski definition) is 5. The van der Waals surface area contributed by atoms with Crippen molar-refractivity contribution < 1.29 is 19.1 Å². The molecule has 7 heteroatoms. The van der Waals surface area contributed by atoms with Crippen molar-refractivity contribution in [1.29, 1.82) is 0 Å². The summed E-state index contributed by atoms with van der Waals surface area (Å²) < 4.78 is 5.15. The molecule has 0 aromatic heterocycles. The van der Waals surface area contributed by atoms with Gasteiger partial charge in [-0.05, 0) is 55.0 Å². The van der Waals surface area contributed by atoms with E-state index >= 15 is 0 Å². The molecule has 0 saturated heterocycles. The van der Waals surface area contributed by atoms with Gasteiger partial charge in [0.05, 0.1) is 17.9 Å². The molecule has 0 radical (unpaired) electrons. The molecule has 0 unspecified atom stereocenters. The fourth-order valence-corrected chi connectivity index (χ4v) is 2.96. The smallest absolute Gasteiger partial charge is 0.338 e. The van der Waals surface area contributed by atoms with Crippen molar-refractivity contribution in [2.75, 3.05) is 23.0 Å². The molecule has 0 bridgehead atoms. The standard InChI is InChI=1S/C21H24N2O4S/c1-3-4-13-27-21(26)16-5-7-18(8-6-16)23-20(25)14-28-19-11-9-17(10-12-19)22-15(2)24/h5-12H,3-4,13-14H2,1-2H3,(H,22,24)(H,23,25). The van der Waals surface area contributed by atoms with Crippen LogP contribution in [0.2, 0.25) is 0 Å². The Morgan fingerprint density at radius 3 is 2.14 bits per heavy atom. The lowest BCUT2D eigenvalue weighted by atomic mass is 10.2. The second-order valence-corrected chi connectivity index (χ2v) is 7.16. The molecule has 0 aliphatic rings. The molecule has 0 aliphatic heterocycles. The van der Waals surface area contributed by atoms with E-state index in [9.17, 15) is 14.4 Å². The van der Waals surface area contributed by atoms with Crippen LogP contribution in [0.25, 0.3) is 0 Å². The number of thioether (sulfide) groups is 1. The third-order valence-corrected chi connectivity index (χ3v) is 4.69. The molecular weight excluding hydrogens is 376 g/mol. The summed E-state index contributed by atoms with van der Waals surface area (Å²) in [5.74, 6) is -0.376. The number of anilines is 2. The number of unbranched alkanes of at least 4 members (excludes halogenated alkanes) is 1. The number of nitrogens with one attached hydrogen (secondary N) is 2. The summed E-state index contributed by atoms with van der Waals surface area (Å²) >= 11 is 1.40. The summed E-state index contributed by atoms with van der Waals surface area (Å²) in [5.41, 5.74) is 1.80. The fourth-order valence-electron chi connectivity index (χ4n) is 2.27. The molecule has 148 valence electrons. The molecule has 0 atom stereocenters. The average Bonchev–Trinajstić information content (AvgIpc) is 2.68. The maximum Gasteiger partial charge on any atom is 0.338 e. The van der Waals surface area contributed by atoms with Gasteiger partial charge >= 0.3 is 5.97 Å². The summed E-state index contributed by atoms with van der Waals surface area (Å²) in [7, 11) is 0. The van der Waals surface area contributed by atoms with Crippen LogP contribution in [0.5, 0.6) is 0 Å². The highest BCUT2D eigenvalue weighted by Gasteiger charge is 2.08. The predicted molar refractivity (Wildman–Crippen MR) is 112 cm³/mol. The predicted octanol–water partition coefficient (Wildman–Crippen LogP) is 4.33. The summed E-state index contributed by atoms with van der Waals surface area (Å²) in [4.78, 5) is 35.9. The molecule has 28 heavy (non-hydrogen) atoms. The number of hydrogen-bond donors (Lipinski definition) is 2. The van der Waals surface area contributed by atoms with Gasteiger partial charge in [0.15, 0.2) is 0 Å². The first-order valence-corrected chi connectivity index (χ1v) is 10.0. The van der Waals surface area contributed by atoms with E-state index < -0.39 is 0 Å². The van der Waals surface area contributed by atoms with Crippen LogP contribution in [-0.4, -0.2) is 30.1 Å². The summed E-state index contributed by atoms with van der Waals surface area (Å²) in [6.45, 7) is 3.90. The first kappa shape index (κ1) is 21.5. The Balaban J connectivity index is 1.79. The van der Waals surface area contributed by atoms with Crippen LogP contribution in [0.1, 0.15) is 37.0 Å². The maximum atomic E-state index is 12.1. The Kier molecular flexibility index (Phi) is 8.55. The highest BCUT2D eigenvalue weighted by molar-refractivity contribution is 8.00. The van der Waals surface area contributed by atoms with Crippen LogP contribution in [-0.2, 0) is 14.3 Å². The van der Waals surface area contributed by atoms with Gasteiger partial charge in [-0.3, -0.25) is 9.59 Å². The Hall–Kier alpha value is -2.80. The topological polar surface area (TPSA) is 84.5 Å². The van der Waals surface area contributed by atoms with Crippen molar-refractivity contribution in [3.8, 4) is 0 Å². The molecule has 2 rings (SSSR count). The number of carbonyl (C=O) groups is 3. The van der Waals surface area contributed by atoms with Crippen LogP contribution in [0.15, 0.2) is 53.4 Å². The minimum Gasteiger partial charge on any atom is -0.462 e. The molecule has 0 saturated carbocycles. The minimum atomic E-state index is -0.357. The Morgan fingerprint density at radius 1 is 0.929 bits per heavy atom. The lowest BCUT2D eigenvalue weighted by molar-refractivity contribution is -0.114. The molecule has 0 spiro atoms. The SMILES string of the molecule is CCCCOC(=O)c1ccc(NC(=O)CSc2ccc(NC(C)=O)cc2)cc1. The largest absolute Gasteiger partial charge is 0.462 e. The summed E-state index contributed by atoms with van der Waals surface area (Å²) in [6.07, 6.45) is 1.81. The Labute approximate surface area is 169 Å². The third kappa shape index (κ3) is 7.44. The molecule has 0 aliphatic carbocycles. The van der Waals surface area contributed by atoms with Gasteiger partial charge in [-0.2, -0.15) is 0 Å². The molecule has 2 amide bonds. The van der Waals surface area contributed by atoms with Crippen molar-refractivity contribution in [2.45, 2.75) is 31.6 Å². The summed E-state index contributed by atoms with van der Waals surface area (Å²) in [6, 6.07) is 13.9. The van der Waals surface area contributed by atoms with E-state index in [-0.39, 0.29) is 23.5 Å². The molecule has 2 N–H and O–H groups in total. The van der Waals surface area contributed by atoms with E-state index in [0.717, 1.165) is 23.4 Å². The number of benzene rings is 2. The van der Waals surface area contributed by atoms with Crippen LogP contribution in [0, 0.1) is 0 Å². The van der Waals surface area contributed by atoms with E-state index in [1.54, 1.807) is 36.4 Å². The van der Waals surface area contributed by atoms with Crippen molar-refractivity contribution in [3.63, 3.8) is 0 Å². The van der Waals surface area contributed by atoms with E-state index in [1.165, 1.54) is 18.7 Å². The average molecular weight is 401 g/mol. The molecule has 0 heterocycles. The third-order valence-electron chi connectivity index (χ3n) is 3.68. The molecule has 6 nitrogen and oxygen atoms in total. The van der Waals surface area contributed by atoms with Gasteiger partial charge < -0.3 is 15.4 Å². The fraction of sp³-hybridized carbons (Fsp3) is 0.286. The van der Waals surface area contributed by atoms with Gasteiger partial charge in [0, 0.05) is 23.2 Å². The van der Waals surface area contributed by atoms with Crippen molar-refractivity contribution in [1.82, 2.24) is 0 Å². The highest BCUT2D eigenvalue weighted by atomic mass is 32.2. The van der Waals surface area contributed by atoms with Gasteiger partial charge in [-0.15, -0.1) is 11.8 Å². The Bertz CT molecular complexity index is 804. The van der Waals surface area contributed by atoms with Gasteiger partial charge in [0.1, 0.15) is 0 Å². The second-order valence-electron chi connectivity index (χ2n) is 6.11. The number of ether oxygens (including phenoxy) is 1. The zero-order valence-electron chi connectivity index (χ0n) is 16.0. The van der Waals surface area contributed by atoms with Crippen molar-refractivity contribution >= 4 is 40.9 Å².